The van der Waals surface area contributed by atoms with Gasteiger partial charge in [-0.05, 0) is 6.07 Å². The first kappa shape index (κ1) is 17.7. The van der Waals surface area contributed by atoms with Crippen molar-refractivity contribution in [2.24, 2.45) is 0 Å². The van der Waals surface area contributed by atoms with Gasteiger partial charge in [0, 0.05) is 54.5 Å². The molecule has 0 unspecified atom stereocenters. The fourth-order valence-corrected chi connectivity index (χ4v) is 3.19. The summed E-state index contributed by atoms with van der Waals surface area (Å²) < 4.78 is 11.0. The first-order valence-electron chi connectivity index (χ1n) is 8.70. The maximum absolute atomic E-state index is 5.56. The predicted octanol–water partition coefficient (Wildman–Crippen LogP) is 3.35. The van der Waals surface area contributed by atoms with Gasteiger partial charge in [-0.3, -0.25) is 4.90 Å². The molecule has 5 heteroatoms. The van der Waals surface area contributed by atoms with E-state index < -0.39 is 0 Å². The highest BCUT2D eigenvalue weighted by atomic mass is 16.5. The van der Waals surface area contributed by atoms with E-state index in [1.54, 1.807) is 14.2 Å². The summed E-state index contributed by atoms with van der Waals surface area (Å²) in [5.41, 5.74) is 3.53. The molecule has 0 spiro atoms. The molecule has 1 aromatic carbocycles. The summed E-state index contributed by atoms with van der Waals surface area (Å²) in [4.78, 5) is 11.8. The van der Waals surface area contributed by atoms with E-state index >= 15 is 0 Å². The summed E-state index contributed by atoms with van der Waals surface area (Å²) in [7, 11) is 3.36. The molecule has 0 fully saturated rings. The maximum atomic E-state index is 5.56. The molecule has 0 amide bonds. The third-order valence-corrected chi connectivity index (χ3v) is 4.56. The molecule has 0 saturated heterocycles. The molecule has 0 saturated carbocycles. The zero-order chi connectivity index (χ0) is 18.0. The van der Waals surface area contributed by atoms with Crippen molar-refractivity contribution in [3.05, 3.63) is 47.0 Å². The summed E-state index contributed by atoms with van der Waals surface area (Å²) in [6.07, 6.45) is 2.95. The van der Waals surface area contributed by atoms with E-state index in [0.29, 0.717) is 0 Å². The predicted molar refractivity (Wildman–Crippen MR) is 98.1 cm³/mol. The van der Waals surface area contributed by atoms with Crippen molar-refractivity contribution in [1.29, 1.82) is 0 Å². The molecule has 0 aliphatic carbocycles. The lowest BCUT2D eigenvalue weighted by molar-refractivity contribution is 0.237. The number of aromatic nitrogens is 2. The van der Waals surface area contributed by atoms with Crippen molar-refractivity contribution >= 4 is 0 Å². The van der Waals surface area contributed by atoms with Crippen LogP contribution in [0.15, 0.2) is 24.4 Å². The summed E-state index contributed by atoms with van der Waals surface area (Å²) in [6.45, 7) is 9.12. The highest BCUT2D eigenvalue weighted by Crippen LogP contribution is 2.32. The van der Waals surface area contributed by atoms with Crippen LogP contribution in [-0.2, 0) is 24.9 Å². The van der Waals surface area contributed by atoms with E-state index in [4.69, 9.17) is 14.5 Å². The fourth-order valence-electron chi connectivity index (χ4n) is 3.19. The molecule has 0 radical (unpaired) electrons. The standard InChI is InChI=1S/C20H27N3O2/c1-20(2,3)19-21-11-15-13-23(10-9-16(15)22-19)12-14-7-6-8-17(24-4)18(14)25-5/h6-8,11H,9-10,12-13H2,1-5H3. The second kappa shape index (κ2) is 7.00. The summed E-state index contributed by atoms with van der Waals surface area (Å²) >= 11 is 0. The van der Waals surface area contributed by atoms with Crippen LogP contribution in [0.25, 0.3) is 0 Å². The number of para-hydroxylation sites is 1. The number of rotatable bonds is 4. The van der Waals surface area contributed by atoms with E-state index in [-0.39, 0.29) is 5.41 Å². The van der Waals surface area contributed by atoms with Crippen molar-refractivity contribution in [1.82, 2.24) is 14.9 Å². The van der Waals surface area contributed by atoms with Gasteiger partial charge in [0.25, 0.3) is 0 Å². The van der Waals surface area contributed by atoms with Gasteiger partial charge in [-0.2, -0.15) is 0 Å². The molecule has 25 heavy (non-hydrogen) atoms. The Kier molecular flexibility index (Phi) is 4.95. The number of hydrogen-bond donors (Lipinski definition) is 0. The van der Waals surface area contributed by atoms with Gasteiger partial charge in [-0.1, -0.05) is 32.9 Å². The van der Waals surface area contributed by atoms with E-state index in [1.807, 2.05) is 18.3 Å². The van der Waals surface area contributed by atoms with Crippen molar-refractivity contribution in [3.63, 3.8) is 0 Å². The molecule has 1 aliphatic heterocycles. The smallest absolute Gasteiger partial charge is 0.165 e. The highest BCUT2D eigenvalue weighted by molar-refractivity contribution is 5.46. The van der Waals surface area contributed by atoms with Gasteiger partial charge < -0.3 is 9.47 Å². The van der Waals surface area contributed by atoms with E-state index in [9.17, 15) is 0 Å². The minimum absolute atomic E-state index is 0.0138. The SMILES string of the molecule is COc1cccc(CN2CCc3nc(C(C)(C)C)ncc3C2)c1OC. The average Bonchev–Trinajstić information content (AvgIpc) is 2.60. The Morgan fingerprint density at radius 2 is 1.96 bits per heavy atom. The largest absolute Gasteiger partial charge is 0.493 e. The first-order chi connectivity index (χ1) is 11.9. The number of hydrogen-bond acceptors (Lipinski definition) is 5. The zero-order valence-electron chi connectivity index (χ0n) is 15.8. The Morgan fingerprint density at radius 3 is 2.64 bits per heavy atom. The van der Waals surface area contributed by atoms with E-state index in [1.165, 1.54) is 11.3 Å². The Balaban J connectivity index is 1.78. The number of nitrogens with zero attached hydrogens (tertiary/aromatic N) is 3. The minimum atomic E-state index is -0.0138. The van der Waals surface area contributed by atoms with Crippen LogP contribution in [-0.4, -0.2) is 35.6 Å². The molecule has 0 N–H and O–H groups in total. The number of ether oxygens (including phenoxy) is 2. The van der Waals surface area contributed by atoms with Gasteiger partial charge in [-0.25, -0.2) is 9.97 Å². The highest BCUT2D eigenvalue weighted by Gasteiger charge is 2.23. The van der Waals surface area contributed by atoms with E-state index in [0.717, 1.165) is 48.9 Å². The van der Waals surface area contributed by atoms with Crippen LogP contribution in [0, 0.1) is 0 Å². The molecule has 1 aliphatic rings. The van der Waals surface area contributed by atoms with Crippen molar-refractivity contribution < 1.29 is 9.47 Å². The average molecular weight is 341 g/mol. The zero-order valence-corrected chi connectivity index (χ0v) is 15.8. The second-order valence-electron chi connectivity index (χ2n) is 7.53. The third-order valence-electron chi connectivity index (χ3n) is 4.56. The monoisotopic (exact) mass is 341 g/mol. The van der Waals surface area contributed by atoms with Crippen molar-refractivity contribution in [3.8, 4) is 11.5 Å². The lowest BCUT2D eigenvalue weighted by Gasteiger charge is -2.29. The summed E-state index contributed by atoms with van der Waals surface area (Å²) in [5.74, 6) is 2.51. The maximum Gasteiger partial charge on any atom is 0.165 e. The molecular weight excluding hydrogens is 314 g/mol. The number of methoxy groups -OCH3 is 2. The molecule has 1 aromatic heterocycles. The lowest BCUT2D eigenvalue weighted by atomic mass is 9.95. The second-order valence-corrected chi connectivity index (χ2v) is 7.53. The van der Waals surface area contributed by atoms with Crippen LogP contribution in [0.2, 0.25) is 0 Å². The molecule has 0 atom stereocenters. The molecule has 0 bridgehead atoms. The van der Waals surface area contributed by atoms with Crippen LogP contribution in [0.4, 0.5) is 0 Å². The Hall–Kier alpha value is -2.14. The van der Waals surface area contributed by atoms with E-state index in [2.05, 4.69) is 36.7 Å². The normalized spacial score (nSPS) is 14.9. The van der Waals surface area contributed by atoms with Crippen molar-refractivity contribution in [2.45, 2.75) is 45.7 Å². The van der Waals surface area contributed by atoms with Crippen LogP contribution >= 0.6 is 0 Å². The molecule has 134 valence electrons. The summed E-state index contributed by atoms with van der Waals surface area (Å²) in [6, 6.07) is 6.03. The van der Waals surface area contributed by atoms with Crippen LogP contribution in [0.5, 0.6) is 11.5 Å². The van der Waals surface area contributed by atoms with Crippen LogP contribution in [0.3, 0.4) is 0 Å². The molecular formula is C20H27N3O2. The number of fused-ring (bicyclic) bond motifs is 1. The van der Waals surface area contributed by atoms with Gasteiger partial charge in [0.2, 0.25) is 0 Å². The fraction of sp³-hybridized carbons (Fsp3) is 0.500. The molecule has 2 aromatic rings. The molecule has 3 rings (SSSR count). The lowest BCUT2D eigenvalue weighted by Crippen LogP contribution is -2.32. The quantitative estimate of drug-likeness (QED) is 0.853. The van der Waals surface area contributed by atoms with Gasteiger partial charge in [0.05, 0.1) is 14.2 Å². The van der Waals surface area contributed by atoms with Gasteiger partial charge >= 0.3 is 0 Å². The Bertz CT molecular complexity index is 753. The third kappa shape index (κ3) is 3.76. The Morgan fingerprint density at radius 1 is 1.16 bits per heavy atom. The first-order valence-corrected chi connectivity index (χ1v) is 8.70. The van der Waals surface area contributed by atoms with Gasteiger partial charge in [-0.15, -0.1) is 0 Å². The summed E-state index contributed by atoms with van der Waals surface area (Å²) in [5, 5.41) is 0. The Labute approximate surface area is 150 Å². The van der Waals surface area contributed by atoms with Gasteiger partial charge in [0.15, 0.2) is 11.5 Å². The minimum Gasteiger partial charge on any atom is -0.493 e. The topological polar surface area (TPSA) is 47.5 Å². The van der Waals surface area contributed by atoms with Crippen molar-refractivity contribution in [2.75, 3.05) is 20.8 Å². The number of benzene rings is 1. The molecule has 5 nitrogen and oxygen atoms in total. The molecule has 2 heterocycles. The van der Waals surface area contributed by atoms with Crippen LogP contribution in [0.1, 0.15) is 43.4 Å². The van der Waals surface area contributed by atoms with Crippen LogP contribution < -0.4 is 9.47 Å². The van der Waals surface area contributed by atoms with Gasteiger partial charge in [0.1, 0.15) is 5.82 Å².